The molecule has 2 atom stereocenters. The van der Waals surface area contributed by atoms with Gasteiger partial charge < -0.3 is 15.0 Å². The Morgan fingerprint density at radius 3 is 2.71 bits per heavy atom. The van der Waals surface area contributed by atoms with Crippen LogP contribution in [0.1, 0.15) is 40.0 Å². The van der Waals surface area contributed by atoms with Crippen LogP contribution in [0.25, 0.3) is 11.2 Å². The molecule has 0 saturated heterocycles. The summed E-state index contributed by atoms with van der Waals surface area (Å²) in [6, 6.07) is 0. The summed E-state index contributed by atoms with van der Waals surface area (Å²) in [6.45, 7) is 7.37. The van der Waals surface area contributed by atoms with Crippen molar-refractivity contribution in [3.05, 3.63) is 6.33 Å². The summed E-state index contributed by atoms with van der Waals surface area (Å²) in [5.41, 5.74) is 1.43. The van der Waals surface area contributed by atoms with Crippen molar-refractivity contribution < 1.29 is 4.74 Å². The summed E-state index contributed by atoms with van der Waals surface area (Å²) in [5.74, 6) is 2.58. The molecule has 2 aromatic heterocycles. The molecule has 0 spiro atoms. The van der Waals surface area contributed by atoms with Gasteiger partial charge >= 0.3 is 0 Å². The average Bonchev–Trinajstić information content (AvgIpc) is 2.86. The van der Waals surface area contributed by atoms with Crippen molar-refractivity contribution in [2.75, 3.05) is 11.9 Å². The number of hydrogen-bond donors (Lipinski definition) is 2. The molecule has 1 aliphatic rings. The summed E-state index contributed by atoms with van der Waals surface area (Å²) in [5, 5.41) is 3.13. The third-order valence-corrected chi connectivity index (χ3v) is 4.00. The highest BCUT2D eigenvalue weighted by atomic mass is 16.5. The molecule has 0 bridgehead atoms. The second-order valence-corrected chi connectivity index (χ2v) is 6.14. The molecular weight excluding hydrogens is 266 g/mol. The van der Waals surface area contributed by atoms with Crippen LogP contribution in [-0.4, -0.2) is 32.6 Å². The Labute approximate surface area is 124 Å². The van der Waals surface area contributed by atoms with Crippen LogP contribution < -0.4 is 10.1 Å². The molecule has 114 valence electrons. The number of fused-ring (bicyclic) bond motifs is 1. The zero-order valence-corrected chi connectivity index (χ0v) is 12.9. The Morgan fingerprint density at radius 2 is 2.00 bits per heavy atom. The van der Waals surface area contributed by atoms with Gasteiger partial charge in [0.1, 0.15) is 11.6 Å². The van der Waals surface area contributed by atoms with Gasteiger partial charge in [-0.3, -0.25) is 0 Å². The predicted octanol–water partition coefficient (Wildman–Crippen LogP) is 2.99. The molecule has 2 aromatic rings. The smallest absolute Gasteiger partial charge is 0.245 e. The maximum atomic E-state index is 6.19. The number of aromatic amines is 1. The van der Waals surface area contributed by atoms with Gasteiger partial charge in [0.05, 0.1) is 6.33 Å². The lowest BCUT2D eigenvalue weighted by Gasteiger charge is -2.31. The number of imidazole rings is 1. The van der Waals surface area contributed by atoms with Crippen LogP contribution in [0.3, 0.4) is 0 Å². The van der Waals surface area contributed by atoms with E-state index in [0.29, 0.717) is 29.3 Å². The quantitative estimate of drug-likeness (QED) is 0.905. The first-order chi connectivity index (χ1) is 10.2. The Morgan fingerprint density at radius 1 is 1.24 bits per heavy atom. The van der Waals surface area contributed by atoms with Crippen LogP contribution in [0, 0.1) is 11.8 Å². The second kappa shape index (κ2) is 5.87. The van der Waals surface area contributed by atoms with E-state index in [1.54, 1.807) is 6.33 Å². The van der Waals surface area contributed by atoms with E-state index < -0.39 is 0 Å². The van der Waals surface area contributed by atoms with Crippen LogP contribution in [0.2, 0.25) is 0 Å². The van der Waals surface area contributed by atoms with Crippen molar-refractivity contribution in [3.8, 4) is 5.88 Å². The van der Waals surface area contributed by atoms with Gasteiger partial charge in [0, 0.05) is 6.54 Å². The molecule has 6 heteroatoms. The fourth-order valence-corrected chi connectivity index (χ4v) is 3.26. The topological polar surface area (TPSA) is 75.7 Å². The lowest BCUT2D eigenvalue weighted by Crippen LogP contribution is -2.29. The number of aromatic nitrogens is 4. The van der Waals surface area contributed by atoms with E-state index in [1.807, 2.05) is 6.92 Å². The molecule has 0 aromatic carbocycles. The van der Waals surface area contributed by atoms with E-state index in [4.69, 9.17) is 4.74 Å². The minimum atomic E-state index is 0.222. The fraction of sp³-hybridized carbons (Fsp3) is 0.667. The van der Waals surface area contributed by atoms with E-state index in [2.05, 4.69) is 39.1 Å². The Kier molecular flexibility index (Phi) is 3.94. The molecule has 2 heterocycles. The van der Waals surface area contributed by atoms with Gasteiger partial charge in [-0.1, -0.05) is 13.8 Å². The fourth-order valence-electron chi connectivity index (χ4n) is 3.26. The number of anilines is 1. The Bertz CT molecular complexity index is 601. The van der Waals surface area contributed by atoms with E-state index >= 15 is 0 Å². The highest BCUT2D eigenvalue weighted by Gasteiger charge is 2.26. The lowest BCUT2D eigenvalue weighted by molar-refractivity contribution is 0.0981. The van der Waals surface area contributed by atoms with E-state index in [-0.39, 0.29) is 6.10 Å². The van der Waals surface area contributed by atoms with Crippen LogP contribution in [0.15, 0.2) is 6.33 Å². The zero-order chi connectivity index (χ0) is 14.8. The maximum absolute atomic E-state index is 6.19. The minimum absolute atomic E-state index is 0.222. The van der Waals surface area contributed by atoms with Crippen molar-refractivity contribution in [3.63, 3.8) is 0 Å². The first-order valence-corrected chi connectivity index (χ1v) is 7.77. The molecule has 1 saturated carbocycles. The standard InChI is InChI=1S/C15H23N5O/c1-4-16-15-19-13-12(17-8-18-13)14(20-15)21-11-6-9(2)5-10(3)7-11/h8-11H,4-7H2,1-3H3,(H2,16,17,18,19,20). The molecule has 6 nitrogen and oxygen atoms in total. The van der Waals surface area contributed by atoms with Crippen molar-refractivity contribution in [1.82, 2.24) is 19.9 Å². The molecule has 2 unspecified atom stereocenters. The maximum Gasteiger partial charge on any atom is 0.245 e. The van der Waals surface area contributed by atoms with Crippen LogP contribution in [0.4, 0.5) is 5.95 Å². The zero-order valence-electron chi connectivity index (χ0n) is 12.9. The number of nitrogens with zero attached hydrogens (tertiary/aromatic N) is 3. The first-order valence-electron chi connectivity index (χ1n) is 7.77. The summed E-state index contributed by atoms with van der Waals surface area (Å²) < 4.78 is 6.19. The number of H-pyrrole nitrogens is 1. The molecule has 1 fully saturated rings. The summed E-state index contributed by atoms with van der Waals surface area (Å²) in [4.78, 5) is 16.2. The first kappa shape index (κ1) is 14.1. The molecule has 0 radical (unpaired) electrons. The third kappa shape index (κ3) is 3.09. The normalized spacial score (nSPS) is 26.0. The molecule has 0 aliphatic heterocycles. The van der Waals surface area contributed by atoms with Crippen LogP contribution >= 0.6 is 0 Å². The number of rotatable bonds is 4. The van der Waals surface area contributed by atoms with E-state index in [9.17, 15) is 0 Å². The molecule has 1 aliphatic carbocycles. The molecule has 3 rings (SSSR count). The third-order valence-electron chi connectivity index (χ3n) is 4.00. The van der Waals surface area contributed by atoms with Crippen LogP contribution in [-0.2, 0) is 0 Å². The predicted molar refractivity (Wildman–Crippen MR) is 82.4 cm³/mol. The van der Waals surface area contributed by atoms with Gasteiger partial charge in [0.2, 0.25) is 11.8 Å². The number of nitrogens with one attached hydrogen (secondary N) is 2. The number of hydrogen-bond acceptors (Lipinski definition) is 5. The van der Waals surface area contributed by atoms with E-state index in [1.165, 1.54) is 6.42 Å². The molecule has 21 heavy (non-hydrogen) atoms. The van der Waals surface area contributed by atoms with Crippen LogP contribution in [0.5, 0.6) is 5.88 Å². The largest absolute Gasteiger partial charge is 0.473 e. The van der Waals surface area contributed by atoms with Gasteiger partial charge in [-0.15, -0.1) is 0 Å². The van der Waals surface area contributed by atoms with Gasteiger partial charge in [-0.25, -0.2) is 4.98 Å². The van der Waals surface area contributed by atoms with E-state index in [0.717, 1.165) is 24.9 Å². The molecular formula is C15H23N5O. The van der Waals surface area contributed by atoms with Gasteiger partial charge in [-0.2, -0.15) is 9.97 Å². The molecule has 2 N–H and O–H groups in total. The van der Waals surface area contributed by atoms with Gasteiger partial charge in [-0.05, 0) is 38.0 Å². The SMILES string of the molecule is CCNc1nc(OC2CC(C)CC(C)C2)c2[nH]cnc2n1. The van der Waals surface area contributed by atoms with Crippen molar-refractivity contribution in [1.29, 1.82) is 0 Å². The van der Waals surface area contributed by atoms with Gasteiger partial charge in [0.15, 0.2) is 5.65 Å². The minimum Gasteiger partial charge on any atom is -0.473 e. The lowest BCUT2D eigenvalue weighted by atomic mass is 9.82. The number of ether oxygens (including phenoxy) is 1. The second-order valence-electron chi connectivity index (χ2n) is 6.14. The summed E-state index contributed by atoms with van der Waals surface area (Å²) >= 11 is 0. The van der Waals surface area contributed by atoms with Crippen molar-refractivity contribution in [2.24, 2.45) is 11.8 Å². The Balaban J connectivity index is 1.86. The summed E-state index contributed by atoms with van der Waals surface area (Å²) in [6.07, 6.45) is 5.31. The average molecular weight is 289 g/mol. The Hall–Kier alpha value is -1.85. The highest BCUT2D eigenvalue weighted by molar-refractivity contribution is 5.76. The monoisotopic (exact) mass is 289 g/mol. The molecule has 0 amide bonds. The van der Waals surface area contributed by atoms with Gasteiger partial charge in [0.25, 0.3) is 0 Å². The van der Waals surface area contributed by atoms with Crippen molar-refractivity contribution >= 4 is 17.1 Å². The highest BCUT2D eigenvalue weighted by Crippen LogP contribution is 2.32. The van der Waals surface area contributed by atoms with Crippen molar-refractivity contribution in [2.45, 2.75) is 46.1 Å². The summed E-state index contributed by atoms with van der Waals surface area (Å²) in [7, 11) is 0.